The summed E-state index contributed by atoms with van der Waals surface area (Å²) in [6.07, 6.45) is 10.5. The van der Waals surface area contributed by atoms with Crippen molar-refractivity contribution < 1.29 is 9.90 Å². The zero-order valence-corrected chi connectivity index (χ0v) is 19.3. The molecular weight excluding hydrogens is 420 g/mol. The summed E-state index contributed by atoms with van der Waals surface area (Å²) < 4.78 is 0. The van der Waals surface area contributed by atoms with Crippen LogP contribution in [0.3, 0.4) is 0 Å². The number of rotatable bonds is 6. The molecule has 4 nitrogen and oxygen atoms in total. The maximum Gasteiger partial charge on any atom is 0.228 e. The van der Waals surface area contributed by atoms with Crippen molar-refractivity contribution in [2.75, 3.05) is 0 Å². The number of allylic oxidation sites excluding steroid dienone is 8. The number of aliphatic hydroxyl groups is 1. The largest absolute Gasteiger partial charge is 0.518 e. The molecule has 0 aliphatic heterocycles. The Bertz CT molecular complexity index is 1290. The molecule has 0 amide bonds. The average molecular weight is 447 g/mol. The second kappa shape index (κ2) is 10.9. The predicted molar refractivity (Wildman–Crippen MR) is 135 cm³/mol. The van der Waals surface area contributed by atoms with Crippen molar-refractivity contribution >= 4 is 11.5 Å². The molecule has 0 heterocycles. The molecular formula is C30H26N2O2. The van der Waals surface area contributed by atoms with E-state index in [1.807, 2.05) is 48.6 Å². The second-order valence-electron chi connectivity index (χ2n) is 8.91. The number of carbonyl (C=O) groups is 1. The number of ketones is 1. The predicted octanol–water partition coefficient (Wildman–Crippen LogP) is 7.39. The minimum absolute atomic E-state index is 0.0339. The standard InChI is InChI=1S/C30H26N2O2/c1-30(2)19-22(14-16-26(21-31)28(33)24-10-6-4-7-11-24)18-23(20-30)15-17-27(32-3)29(34)25-12-8-5-9-13-25/h4-18,34H,19-20H2,1-2H3. The van der Waals surface area contributed by atoms with Crippen molar-refractivity contribution in [3.05, 3.63) is 136 Å². The van der Waals surface area contributed by atoms with Crippen LogP contribution in [0.15, 0.2) is 113 Å². The van der Waals surface area contributed by atoms with Gasteiger partial charge in [0, 0.05) is 11.1 Å². The summed E-state index contributed by atoms with van der Waals surface area (Å²) in [6, 6.07) is 19.8. The smallest absolute Gasteiger partial charge is 0.228 e. The van der Waals surface area contributed by atoms with Crippen LogP contribution in [-0.4, -0.2) is 10.9 Å². The van der Waals surface area contributed by atoms with E-state index in [2.05, 4.69) is 18.7 Å². The summed E-state index contributed by atoms with van der Waals surface area (Å²) in [5.41, 5.74) is 3.28. The summed E-state index contributed by atoms with van der Waals surface area (Å²) in [5, 5.41) is 20.0. The summed E-state index contributed by atoms with van der Waals surface area (Å²) in [4.78, 5) is 16.1. The normalized spacial score (nSPS) is 17.5. The third-order valence-corrected chi connectivity index (χ3v) is 5.47. The van der Waals surface area contributed by atoms with E-state index < -0.39 is 0 Å². The van der Waals surface area contributed by atoms with Crippen molar-refractivity contribution in [3.8, 4) is 6.07 Å². The highest BCUT2D eigenvalue weighted by Crippen LogP contribution is 2.38. The van der Waals surface area contributed by atoms with E-state index in [-0.39, 0.29) is 28.2 Å². The minimum Gasteiger partial charge on any atom is -0.518 e. The molecule has 2 aromatic carbocycles. The van der Waals surface area contributed by atoms with Crippen molar-refractivity contribution in [3.63, 3.8) is 0 Å². The summed E-state index contributed by atoms with van der Waals surface area (Å²) in [5.74, 6) is -0.360. The zero-order chi connectivity index (χ0) is 24.6. The van der Waals surface area contributed by atoms with Gasteiger partial charge in [0.05, 0.1) is 12.1 Å². The fourth-order valence-corrected chi connectivity index (χ4v) is 3.92. The molecule has 0 spiro atoms. The lowest BCUT2D eigenvalue weighted by atomic mass is 9.75. The first-order valence-electron chi connectivity index (χ1n) is 11.0. The molecule has 4 heteroatoms. The van der Waals surface area contributed by atoms with Gasteiger partial charge in [-0.1, -0.05) is 98.8 Å². The first kappa shape index (κ1) is 24.2. The monoisotopic (exact) mass is 446 g/mol. The van der Waals surface area contributed by atoms with E-state index in [1.54, 1.807) is 48.6 Å². The number of nitriles is 1. The van der Waals surface area contributed by atoms with E-state index in [4.69, 9.17) is 6.57 Å². The molecule has 168 valence electrons. The van der Waals surface area contributed by atoms with Crippen molar-refractivity contribution in [2.24, 2.45) is 5.41 Å². The highest BCUT2D eigenvalue weighted by molar-refractivity contribution is 6.11. The number of aliphatic hydroxyl groups excluding tert-OH is 1. The summed E-state index contributed by atoms with van der Waals surface area (Å²) >= 11 is 0. The number of hydrogen-bond donors (Lipinski definition) is 1. The third kappa shape index (κ3) is 6.31. The SMILES string of the molecule is [C-]#[N+]C(C=CC1=CC(=CC=C(C#N)C(=O)c2ccccc2)CC(C)(C)C1)=C(O)c1ccccc1. The zero-order valence-electron chi connectivity index (χ0n) is 19.3. The van der Waals surface area contributed by atoms with Crippen LogP contribution >= 0.6 is 0 Å². The Morgan fingerprint density at radius 3 is 2.26 bits per heavy atom. The van der Waals surface area contributed by atoms with Gasteiger partial charge in [-0.15, -0.1) is 0 Å². The highest BCUT2D eigenvalue weighted by Gasteiger charge is 2.24. The van der Waals surface area contributed by atoms with Gasteiger partial charge < -0.3 is 5.11 Å². The Labute approximate surface area is 201 Å². The Kier molecular flexibility index (Phi) is 7.80. The van der Waals surface area contributed by atoms with Crippen LogP contribution in [0.4, 0.5) is 0 Å². The Hall–Kier alpha value is -4.41. The average Bonchev–Trinajstić information content (AvgIpc) is 2.84. The van der Waals surface area contributed by atoms with Crippen molar-refractivity contribution in [1.29, 1.82) is 5.26 Å². The van der Waals surface area contributed by atoms with Crippen LogP contribution in [0.25, 0.3) is 10.6 Å². The van der Waals surface area contributed by atoms with Gasteiger partial charge in [-0.2, -0.15) is 5.26 Å². The lowest BCUT2D eigenvalue weighted by Crippen LogP contribution is -2.16. The van der Waals surface area contributed by atoms with Gasteiger partial charge in [0.1, 0.15) is 11.8 Å². The van der Waals surface area contributed by atoms with Crippen LogP contribution in [0.1, 0.15) is 42.6 Å². The lowest BCUT2D eigenvalue weighted by Gasteiger charge is -2.30. The quantitative estimate of drug-likeness (QED) is 0.126. The first-order valence-corrected chi connectivity index (χ1v) is 11.0. The van der Waals surface area contributed by atoms with Gasteiger partial charge in [-0.3, -0.25) is 4.79 Å². The molecule has 0 aromatic heterocycles. The molecule has 0 unspecified atom stereocenters. The topological polar surface area (TPSA) is 65.5 Å². The maximum atomic E-state index is 12.6. The second-order valence-corrected chi connectivity index (χ2v) is 8.91. The molecule has 34 heavy (non-hydrogen) atoms. The van der Waals surface area contributed by atoms with Crippen LogP contribution in [0.5, 0.6) is 0 Å². The molecule has 1 aliphatic carbocycles. The fourth-order valence-electron chi connectivity index (χ4n) is 3.92. The minimum atomic E-state index is -0.303. The van der Waals surface area contributed by atoms with Gasteiger partial charge >= 0.3 is 0 Å². The first-order chi connectivity index (χ1) is 16.3. The number of Topliss-reactive ketones (excluding diaryl/α,β-unsaturated/α-hetero) is 1. The molecule has 1 aliphatic rings. The molecule has 0 saturated carbocycles. The van der Waals surface area contributed by atoms with Crippen LogP contribution in [0, 0.1) is 23.3 Å². The molecule has 0 atom stereocenters. The van der Waals surface area contributed by atoms with E-state index in [0.717, 1.165) is 24.0 Å². The van der Waals surface area contributed by atoms with Gasteiger partial charge in [0.2, 0.25) is 11.5 Å². The highest BCUT2D eigenvalue weighted by atomic mass is 16.3. The van der Waals surface area contributed by atoms with E-state index >= 15 is 0 Å². The number of benzene rings is 2. The molecule has 0 bridgehead atoms. The molecule has 0 radical (unpaired) electrons. The molecule has 0 saturated heterocycles. The van der Waals surface area contributed by atoms with E-state index in [0.29, 0.717) is 11.1 Å². The van der Waals surface area contributed by atoms with Crippen molar-refractivity contribution in [2.45, 2.75) is 26.7 Å². The fraction of sp³-hybridized carbons (Fsp3) is 0.167. The van der Waals surface area contributed by atoms with Gasteiger partial charge in [0.15, 0.2) is 0 Å². The van der Waals surface area contributed by atoms with Gasteiger partial charge in [0.25, 0.3) is 0 Å². The lowest BCUT2D eigenvalue weighted by molar-refractivity contribution is 0.103. The molecule has 3 rings (SSSR count). The van der Waals surface area contributed by atoms with Crippen LogP contribution in [-0.2, 0) is 0 Å². The summed E-state index contributed by atoms with van der Waals surface area (Å²) in [7, 11) is 0. The number of nitrogens with zero attached hydrogens (tertiary/aromatic N) is 2. The van der Waals surface area contributed by atoms with E-state index in [9.17, 15) is 15.2 Å². The van der Waals surface area contributed by atoms with Gasteiger partial charge in [-0.05, 0) is 35.5 Å². The Balaban J connectivity index is 1.90. The molecule has 1 N–H and O–H groups in total. The Morgan fingerprint density at radius 1 is 1.06 bits per heavy atom. The number of hydrogen-bond acceptors (Lipinski definition) is 3. The maximum absolute atomic E-state index is 12.6. The van der Waals surface area contributed by atoms with Crippen molar-refractivity contribution in [1.82, 2.24) is 0 Å². The van der Waals surface area contributed by atoms with E-state index in [1.165, 1.54) is 0 Å². The van der Waals surface area contributed by atoms with Crippen LogP contribution < -0.4 is 0 Å². The third-order valence-electron chi connectivity index (χ3n) is 5.47. The Morgan fingerprint density at radius 2 is 1.68 bits per heavy atom. The van der Waals surface area contributed by atoms with Crippen LogP contribution in [0.2, 0.25) is 0 Å². The summed E-state index contributed by atoms with van der Waals surface area (Å²) in [6.45, 7) is 11.8. The molecule has 0 fully saturated rings. The number of carbonyl (C=O) groups excluding carboxylic acids is 1. The van der Waals surface area contributed by atoms with Gasteiger partial charge in [-0.25, -0.2) is 4.85 Å². The molecule has 2 aromatic rings.